The summed E-state index contributed by atoms with van der Waals surface area (Å²) in [6, 6.07) is 7.33. The number of aromatic amines is 1. The smallest absolute Gasteiger partial charge is 0.265 e. The Balaban J connectivity index is 1.72. The van der Waals surface area contributed by atoms with Gasteiger partial charge in [0.25, 0.3) is 5.78 Å². The van der Waals surface area contributed by atoms with Crippen molar-refractivity contribution in [1.82, 2.24) is 15.2 Å². The van der Waals surface area contributed by atoms with Crippen molar-refractivity contribution in [3.05, 3.63) is 54.5 Å². The van der Waals surface area contributed by atoms with E-state index < -0.39 is 11.6 Å². The maximum Gasteiger partial charge on any atom is 0.265 e. The first-order valence-corrected chi connectivity index (χ1v) is 7.46. The molecule has 0 saturated carbocycles. The van der Waals surface area contributed by atoms with E-state index in [1.165, 1.54) is 24.4 Å². The second-order valence-electron chi connectivity index (χ2n) is 4.70. The van der Waals surface area contributed by atoms with E-state index in [1.54, 1.807) is 18.4 Å². The number of ketones is 2. The Bertz CT molecular complexity index is 825. The van der Waals surface area contributed by atoms with Crippen LogP contribution in [0.2, 0.25) is 0 Å². The Kier molecular flexibility index (Phi) is 4.24. The number of carbonyl (C=O) groups excluding carboxylic acids is 2. The van der Waals surface area contributed by atoms with E-state index in [0.29, 0.717) is 11.3 Å². The van der Waals surface area contributed by atoms with Crippen molar-refractivity contribution < 1.29 is 14.0 Å². The zero-order chi connectivity index (χ0) is 16.2. The van der Waals surface area contributed by atoms with Crippen molar-refractivity contribution in [1.29, 1.82) is 0 Å². The highest BCUT2D eigenvalue weighted by molar-refractivity contribution is 7.99. The Hall–Kier alpha value is -2.87. The number of furan rings is 1. The zero-order valence-corrected chi connectivity index (χ0v) is 12.7. The van der Waals surface area contributed by atoms with Gasteiger partial charge >= 0.3 is 0 Å². The van der Waals surface area contributed by atoms with E-state index in [4.69, 9.17) is 10.2 Å². The molecule has 3 N–H and O–H groups in total. The number of rotatable bonds is 6. The lowest BCUT2D eigenvalue weighted by molar-refractivity contribution is -0.114. The minimum atomic E-state index is -0.702. The lowest BCUT2D eigenvalue weighted by Gasteiger charge is -2.02. The highest BCUT2D eigenvalue weighted by atomic mass is 32.2. The number of hydrogen-bond acceptors (Lipinski definition) is 7. The number of aromatic nitrogens is 3. The molecule has 3 aromatic rings. The number of anilines is 1. The number of nitrogens with two attached hydrogens (primary N) is 1. The fraction of sp³-hybridized carbons (Fsp3) is 0.0667. The molecule has 2 aromatic heterocycles. The van der Waals surface area contributed by atoms with Crippen molar-refractivity contribution in [3.8, 4) is 0 Å². The van der Waals surface area contributed by atoms with E-state index in [9.17, 15) is 9.59 Å². The molecule has 0 saturated heterocycles. The van der Waals surface area contributed by atoms with Crippen LogP contribution in [0.3, 0.4) is 0 Å². The standard InChI is InChI=1S/C15H12N4O3S/c16-10-1-3-11(4-2-10)23-13-7-22-6-9(13)5-12(20)14(21)15-17-8-18-19-15/h1-4,6-8H,5,16H2,(H,17,18,19). The number of nitrogen functional groups attached to an aromatic ring is 1. The Labute approximate surface area is 135 Å². The van der Waals surface area contributed by atoms with Crippen molar-refractivity contribution in [2.75, 3.05) is 5.73 Å². The second kappa shape index (κ2) is 6.49. The van der Waals surface area contributed by atoms with Gasteiger partial charge < -0.3 is 10.2 Å². The average Bonchev–Trinajstić information content (AvgIpc) is 3.21. The average molecular weight is 328 g/mol. The minimum Gasteiger partial charge on any atom is -0.471 e. The number of nitrogens with one attached hydrogen (secondary N) is 1. The van der Waals surface area contributed by atoms with Crippen LogP contribution >= 0.6 is 11.8 Å². The van der Waals surface area contributed by atoms with E-state index in [1.807, 2.05) is 12.1 Å². The molecule has 1 aromatic carbocycles. The van der Waals surface area contributed by atoms with Gasteiger partial charge in [-0.05, 0) is 24.3 Å². The molecule has 0 aliphatic heterocycles. The first-order valence-electron chi connectivity index (χ1n) is 6.65. The topological polar surface area (TPSA) is 115 Å². The maximum absolute atomic E-state index is 12.1. The number of H-pyrrole nitrogens is 1. The fourth-order valence-electron chi connectivity index (χ4n) is 1.89. The van der Waals surface area contributed by atoms with Crippen LogP contribution in [0.5, 0.6) is 0 Å². The van der Waals surface area contributed by atoms with Crippen LogP contribution in [0.15, 0.2) is 57.3 Å². The SMILES string of the molecule is Nc1ccc(Sc2cocc2CC(=O)C(=O)c2ncn[nH]2)cc1. The quantitative estimate of drug-likeness (QED) is 0.404. The summed E-state index contributed by atoms with van der Waals surface area (Å²) in [5.41, 5.74) is 6.97. The Morgan fingerprint density at radius 2 is 2.00 bits per heavy atom. The van der Waals surface area contributed by atoms with Gasteiger partial charge in [0.1, 0.15) is 12.6 Å². The van der Waals surface area contributed by atoms with Crippen LogP contribution in [-0.2, 0) is 11.2 Å². The number of Topliss-reactive ketones (excluding diaryl/α,β-unsaturated/α-hetero) is 2. The van der Waals surface area contributed by atoms with Crippen molar-refractivity contribution in [2.24, 2.45) is 0 Å². The van der Waals surface area contributed by atoms with E-state index in [0.717, 1.165) is 9.79 Å². The van der Waals surface area contributed by atoms with E-state index in [2.05, 4.69) is 15.2 Å². The van der Waals surface area contributed by atoms with Gasteiger partial charge in [-0.15, -0.1) is 0 Å². The first-order chi connectivity index (χ1) is 11.1. The summed E-state index contributed by atoms with van der Waals surface area (Å²) in [6.45, 7) is 0. The number of benzene rings is 1. The van der Waals surface area contributed by atoms with Gasteiger partial charge in [-0.3, -0.25) is 14.7 Å². The summed E-state index contributed by atoms with van der Waals surface area (Å²) in [5, 5.41) is 5.95. The molecule has 0 radical (unpaired) electrons. The van der Waals surface area contributed by atoms with Gasteiger partial charge in [0.05, 0.1) is 11.2 Å². The molecule has 3 rings (SSSR count). The highest BCUT2D eigenvalue weighted by Crippen LogP contribution is 2.32. The number of hydrogen-bond donors (Lipinski definition) is 2. The summed E-state index contributed by atoms with van der Waals surface area (Å²) in [5.74, 6) is -1.35. The van der Waals surface area contributed by atoms with Crippen LogP contribution in [-0.4, -0.2) is 26.7 Å². The van der Waals surface area contributed by atoms with Gasteiger partial charge in [0, 0.05) is 22.6 Å². The molecule has 0 amide bonds. The van der Waals surface area contributed by atoms with Crippen molar-refractivity contribution in [2.45, 2.75) is 16.2 Å². The maximum atomic E-state index is 12.1. The zero-order valence-electron chi connectivity index (χ0n) is 11.9. The lowest BCUT2D eigenvalue weighted by Crippen LogP contribution is -2.18. The predicted molar refractivity (Wildman–Crippen MR) is 83.1 cm³/mol. The molecule has 7 nitrogen and oxygen atoms in total. The van der Waals surface area contributed by atoms with Crippen LogP contribution in [0.4, 0.5) is 5.69 Å². The van der Waals surface area contributed by atoms with Crippen LogP contribution in [0.1, 0.15) is 16.2 Å². The van der Waals surface area contributed by atoms with Crippen molar-refractivity contribution in [3.63, 3.8) is 0 Å². The molecule has 0 fully saturated rings. The summed E-state index contributed by atoms with van der Waals surface area (Å²) in [6.07, 6.45) is 4.13. The normalized spacial score (nSPS) is 10.6. The van der Waals surface area contributed by atoms with Crippen LogP contribution < -0.4 is 5.73 Å². The largest absolute Gasteiger partial charge is 0.471 e. The molecule has 8 heteroatoms. The third-order valence-electron chi connectivity index (χ3n) is 3.04. The van der Waals surface area contributed by atoms with E-state index in [-0.39, 0.29) is 12.2 Å². The molecule has 116 valence electrons. The highest BCUT2D eigenvalue weighted by Gasteiger charge is 2.21. The Morgan fingerprint density at radius 3 is 2.70 bits per heavy atom. The molecule has 0 spiro atoms. The van der Waals surface area contributed by atoms with E-state index >= 15 is 0 Å². The van der Waals surface area contributed by atoms with Gasteiger partial charge in [0.15, 0.2) is 5.82 Å². The molecule has 0 atom stereocenters. The number of nitrogens with zero attached hydrogens (tertiary/aromatic N) is 2. The van der Waals surface area contributed by atoms with Gasteiger partial charge in [-0.25, -0.2) is 4.98 Å². The van der Waals surface area contributed by atoms with Gasteiger partial charge in [-0.2, -0.15) is 5.10 Å². The molecule has 2 heterocycles. The second-order valence-corrected chi connectivity index (χ2v) is 5.81. The summed E-state index contributed by atoms with van der Waals surface area (Å²) in [7, 11) is 0. The lowest BCUT2D eigenvalue weighted by atomic mass is 10.1. The molecule has 0 aliphatic carbocycles. The van der Waals surface area contributed by atoms with Gasteiger partial charge in [-0.1, -0.05) is 11.8 Å². The molecular formula is C15H12N4O3S. The molecule has 0 unspecified atom stereocenters. The van der Waals surface area contributed by atoms with Crippen LogP contribution in [0.25, 0.3) is 0 Å². The first kappa shape index (κ1) is 15.0. The third kappa shape index (κ3) is 3.49. The Morgan fingerprint density at radius 1 is 1.22 bits per heavy atom. The summed E-state index contributed by atoms with van der Waals surface area (Å²) >= 11 is 1.43. The van der Waals surface area contributed by atoms with Gasteiger partial charge in [0.2, 0.25) is 5.78 Å². The summed E-state index contributed by atoms with van der Waals surface area (Å²) < 4.78 is 5.17. The number of carbonyl (C=O) groups is 2. The summed E-state index contributed by atoms with van der Waals surface area (Å²) in [4.78, 5) is 29.4. The van der Waals surface area contributed by atoms with Crippen LogP contribution in [0, 0.1) is 0 Å². The monoisotopic (exact) mass is 328 g/mol. The molecule has 0 bridgehead atoms. The molecule has 23 heavy (non-hydrogen) atoms. The van der Waals surface area contributed by atoms with Crippen molar-refractivity contribution >= 4 is 29.0 Å². The third-order valence-corrected chi connectivity index (χ3v) is 4.13. The molecular weight excluding hydrogens is 316 g/mol. The fourth-order valence-corrected chi connectivity index (χ4v) is 2.77. The molecule has 0 aliphatic rings. The predicted octanol–water partition coefficient (Wildman–Crippen LogP) is 2.13. The minimum absolute atomic E-state index is 0.0622.